The summed E-state index contributed by atoms with van der Waals surface area (Å²) in [7, 11) is 1.69. The first-order valence-electron chi connectivity index (χ1n) is 4.03. The van der Waals surface area contributed by atoms with Gasteiger partial charge in [-0.2, -0.15) is 0 Å². The lowest BCUT2D eigenvalue weighted by molar-refractivity contribution is 0.0325. The van der Waals surface area contributed by atoms with Gasteiger partial charge in [0.15, 0.2) is 0 Å². The van der Waals surface area contributed by atoms with E-state index in [4.69, 9.17) is 10.9 Å². The van der Waals surface area contributed by atoms with Crippen molar-refractivity contribution >= 4 is 6.03 Å². The Hall–Kier alpha value is -0.810. The van der Waals surface area contributed by atoms with Gasteiger partial charge in [-0.25, -0.2) is 10.6 Å². The number of aliphatic hydroxyl groups is 1. The molecular formula is C7H15N3O2. The van der Waals surface area contributed by atoms with Crippen LogP contribution in [0.5, 0.6) is 0 Å². The maximum Gasteiger partial charge on any atom is 0.331 e. The molecule has 0 unspecified atom stereocenters. The minimum absolute atomic E-state index is 0.163. The predicted octanol–water partition coefficient (Wildman–Crippen LogP) is -0.728. The van der Waals surface area contributed by atoms with Gasteiger partial charge < -0.3 is 10.0 Å². The molecule has 70 valence electrons. The summed E-state index contributed by atoms with van der Waals surface area (Å²) in [5.41, 5.74) is 2.05. The number of hydrazine groups is 1. The molecule has 1 fully saturated rings. The number of carbonyl (C=O) groups is 1. The van der Waals surface area contributed by atoms with Gasteiger partial charge in [-0.05, 0) is 18.8 Å². The highest BCUT2D eigenvalue weighted by atomic mass is 16.3. The molecule has 0 aliphatic heterocycles. The van der Waals surface area contributed by atoms with Gasteiger partial charge in [0.25, 0.3) is 0 Å². The SMILES string of the molecule is CN(CC1CC(O)C1)C(=O)NN. The fourth-order valence-corrected chi connectivity index (χ4v) is 1.43. The Kier molecular flexibility index (Phi) is 2.88. The van der Waals surface area contributed by atoms with Crippen molar-refractivity contribution in [1.29, 1.82) is 0 Å². The quantitative estimate of drug-likeness (QED) is 0.293. The summed E-state index contributed by atoms with van der Waals surface area (Å²) in [6.45, 7) is 0.667. The zero-order valence-electron chi connectivity index (χ0n) is 7.16. The molecule has 0 aromatic carbocycles. The molecule has 5 heteroatoms. The Labute approximate surface area is 71.5 Å². The summed E-state index contributed by atoms with van der Waals surface area (Å²) in [6, 6.07) is -0.281. The molecule has 12 heavy (non-hydrogen) atoms. The van der Waals surface area contributed by atoms with E-state index in [1.54, 1.807) is 7.05 Å². The number of rotatable bonds is 2. The van der Waals surface area contributed by atoms with E-state index in [0.717, 1.165) is 12.8 Å². The topological polar surface area (TPSA) is 78.6 Å². The van der Waals surface area contributed by atoms with Crippen molar-refractivity contribution in [1.82, 2.24) is 10.3 Å². The van der Waals surface area contributed by atoms with Gasteiger partial charge in [-0.15, -0.1) is 0 Å². The summed E-state index contributed by atoms with van der Waals surface area (Å²) < 4.78 is 0. The number of hydrogen-bond acceptors (Lipinski definition) is 3. The van der Waals surface area contributed by atoms with Crippen molar-refractivity contribution in [3.8, 4) is 0 Å². The largest absolute Gasteiger partial charge is 0.393 e. The monoisotopic (exact) mass is 173 g/mol. The number of amides is 2. The molecule has 0 heterocycles. The smallest absolute Gasteiger partial charge is 0.331 e. The van der Waals surface area contributed by atoms with Crippen molar-refractivity contribution in [2.45, 2.75) is 18.9 Å². The molecule has 1 rings (SSSR count). The minimum Gasteiger partial charge on any atom is -0.393 e. The van der Waals surface area contributed by atoms with Crippen LogP contribution in [0.25, 0.3) is 0 Å². The summed E-state index contributed by atoms with van der Waals surface area (Å²) in [5, 5.41) is 8.98. The molecule has 1 saturated carbocycles. The molecule has 0 spiro atoms. The van der Waals surface area contributed by atoms with E-state index in [9.17, 15) is 4.79 Å². The summed E-state index contributed by atoms with van der Waals surface area (Å²) >= 11 is 0. The van der Waals surface area contributed by atoms with Crippen LogP contribution in [0.3, 0.4) is 0 Å². The van der Waals surface area contributed by atoms with E-state index in [2.05, 4.69) is 5.43 Å². The second-order valence-electron chi connectivity index (χ2n) is 3.32. The van der Waals surface area contributed by atoms with Crippen LogP contribution in [0.1, 0.15) is 12.8 Å². The Morgan fingerprint density at radius 1 is 1.75 bits per heavy atom. The number of hydrogen-bond donors (Lipinski definition) is 3. The van der Waals surface area contributed by atoms with Crippen LogP contribution >= 0.6 is 0 Å². The number of nitrogens with two attached hydrogens (primary N) is 1. The van der Waals surface area contributed by atoms with E-state index in [1.165, 1.54) is 4.90 Å². The average molecular weight is 173 g/mol. The zero-order chi connectivity index (χ0) is 9.14. The lowest BCUT2D eigenvalue weighted by Crippen LogP contribution is -2.45. The van der Waals surface area contributed by atoms with Crippen molar-refractivity contribution in [2.24, 2.45) is 11.8 Å². The van der Waals surface area contributed by atoms with E-state index in [1.807, 2.05) is 0 Å². The van der Waals surface area contributed by atoms with E-state index < -0.39 is 0 Å². The summed E-state index contributed by atoms with van der Waals surface area (Å²) in [6.07, 6.45) is 1.43. The molecule has 0 bridgehead atoms. The van der Waals surface area contributed by atoms with E-state index in [0.29, 0.717) is 12.5 Å². The van der Waals surface area contributed by atoms with Crippen LogP contribution in [-0.4, -0.2) is 35.7 Å². The third-order valence-electron chi connectivity index (χ3n) is 2.21. The maximum absolute atomic E-state index is 10.9. The van der Waals surface area contributed by atoms with Gasteiger partial charge >= 0.3 is 6.03 Å². The minimum atomic E-state index is -0.281. The first kappa shape index (κ1) is 9.28. The van der Waals surface area contributed by atoms with Gasteiger partial charge in [0.05, 0.1) is 6.10 Å². The van der Waals surface area contributed by atoms with Crippen molar-refractivity contribution < 1.29 is 9.90 Å². The van der Waals surface area contributed by atoms with Crippen LogP contribution < -0.4 is 11.3 Å². The predicted molar refractivity (Wildman–Crippen MR) is 44.1 cm³/mol. The number of nitrogens with one attached hydrogen (secondary N) is 1. The summed E-state index contributed by atoms with van der Waals surface area (Å²) in [5.74, 6) is 5.38. The lowest BCUT2D eigenvalue weighted by atomic mass is 9.82. The van der Waals surface area contributed by atoms with Gasteiger partial charge in [-0.3, -0.25) is 5.43 Å². The molecule has 5 nitrogen and oxygen atoms in total. The van der Waals surface area contributed by atoms with Crippen LogP contribution in [-0.2, 0) is 0 Å². The summed E-state index contributed by atoms with van der Waals surface area (Å²) in [4.78, 5) is 12.4. The number of carbonyl (C=O) groups excluding carboxylic acids is 1. The van der Waals surface area contributed by atoms with Crippen LogP contribution in [0, 0.1) is 5.92 Å². The van der Waals surface area contributed by atoms with Crippen molar-refractivity contribution in [2.75, 3.05) is 13.6 Å². The fraction of sp³-hybridized carbons (Fsp3) is 0.857. The molecule has 1 aliphatic rings. The Bertz CT molecular complexity index is 168. The molecule has 0 radical (unpaired) electrons. The normalized spacial score (nSPS) is 27.6. The molecule has 0 aromatic rings. The van der Waals surface area contributed by atoms with E-state index >= 15 is 0 Å². The Morgan fingerprint density at radius 2 is 2.33 bits per heavy atom. The molecule has 1 aliphatic carbocycles. The second kappa shape index (κ2) is 3.73. The first-order valence-corrected chi connectivity index (χ1v) is 4.03. The fourth-order valence-electron chi connectivity index (χ4n) is 1.43. The molecule has 4 N–H and O–H groups in total. The Balaban J connectivity index is 2.18. The highest BCUT2D eigenvalue weighted by molar-refractivity contribution is 5.73. The lowest BCUT2D eigenvalue weighted by Gasteiger charge is -2.34. The second-order valence-corrected chi connectivity index (χ2v) is 3.32. The third-order valence-corrected chi connectivity index (χ3v) is 2.21. The molecule has 0 atom stereocenters. The number of urea groups is 1. The highest BCUT2D eigenvalue weighted by Crippen LogP contribution is 2.27. The van der Waals surface area contributed by atoms with Crippen LogP contribution in [0.15, 0.2) is 0 Å². The van der Waals surface area contributed by atoms with Crippen LogP contribution in [0.2, 0.25) is 0 Å². The first-order chi connectivity index (χ1) is 5.63. The van der Waals surface area contributed by atoms with Crippen molar-refractivity contribution in [3.63, 3.8) is 0 Å². The Morgan fingerprint density at radius 3 is 2.75 bits per heavy atom. The standard InChI is InChI=1S/C7H15N3O2/c1-10(7(12)9-8)4-5-2-6(11)3-5/h5-6,11H,2-4,8H2,1H3,(H,9,12). The van der Waals surface area contributed by atoms with Gasteiger partial charge in [0, 0.05) is 13.6 Å². The highest BCUT2D eigenvalue weighted by Gasteiger charge is 2.28. The zero-order valence-corrected chi connectivity index (χ0v) is 7.16. The number of nitrogens with zero attached hydrogens (tertiary/aromatic N) is 1. The van der Waals surface area contributed by atoms with Crippen LogP contribution in [0.4, 0.5) is 4.79 Å². The maximum atomic E-state index is 10.9. The third kappa shape index (κ3) is 2.09. The van der Waals surface area contributed by atoms with E-state index in [-0.39, 0.29) is 12.1 Å². The van der Waals surface area contributed by atoms with Gasteiger partial charge in [0.1, 0.15) is 0 Å². The molecule has 2 amide bonds. The van der Waals surface area contributed by atoms with Crippen molar-refractivity contribution in [3.05, 3.63) is 0 Å². The van der Waals surface area contributed by atoms with Gasteiger partial charge in [-0.1, -0.05) is 0 Å². The van der Waals surface area contributed by atoms with Gasteiger partial charge in [0.2, 0.25) is 0 Å². The number of aliphatic hydroxyl groups excluding tert-OH is 1. The molecular weight excluding hydrogens is 158 g/mol. The average Bonchev–Trinajstić information content (AvgIpc) is 2.00. The molecule has 0 saturated heterocycles. The molecule has 0 aromatic heterocycles.